The number of rotatable bonds is 7. The Labute approximate surface area is 187 Å². The van der Waals surface area contributed by atoms with E-state index in [1.807, 2.05) is 0 Å². The number of carbonyl (C=O) groups excluding carboxylic acids is 1. The lowest BCUT2D eigenvalue weighted by Crippen LogP contribution is -2.53. The van der Waals surface area contributed by atoms with Gasteiger partial charge in [-0.2, -0.15) is 4.31 Å². The molecule has 13 heteroatoms. The predicted molar refractivity (Wildman–Crippen MR) is 111 cm³/mol. The molecule has 0 saturated carbocycles. The van der Waals surface area contributed by atoms with Crippen LogP contribution >= 0.6 is 23.2 Å². The molecule has 0 aliphatic carbocycles. The van der Waals surface area contributed by atoms with E-state index < -0.39 is 44.1 Å². The van der Waals surface area contributed by atoms with Crippen molar-refractivity contribution in [2.75, 3.05) is 6.61 Å². The maximum absolute atomic E-state index is 13.1. The van der Waals surface area contributed by atoms with Gasteiger partial charge in [0.15, 0.2) is 0 Å². The minimum Gasteiger partial charge on any atom is -0.464 e. The van der Waals surface area contributed by atoms with Crippen LogP contribution in [-0.4, -0.2) is 47.0 Å². The van der Waals surface area contributed by atoms with E-state index in [1.54, 1.807) is 0 Å². The molecule has 0 saturated heterocycles. The summed E-state index contributed by atoms with van der Waals surface area (Å²) in [4.78, 5) is 33.5. The Morgan fingerprint density at radius 2 is 1.65 bits per heavy atom. The number of hydrogen-bond donors (Lipinski definition) is 1. The number of hydrogen-bond acceptors (Lipinski definition) is 7. The number of halogens is 2. The molecule has 0 aliphatic rings. The molecule has 0 aromatic heterocycles. The zero-order valence-electron chi connectivity index (χ0n) is 16.1. The van der Waals surface area contributed by atoms with Gasteiger partial charge in [-0.3, -0.25) is 10.1 Å². The molecule has 0 radical (unpaired) electrons. The maximum atomic E-state index is 13.1. The van der Waals surface area contributed by atoms with Gasteiger partial charge in [-0.05, 0) is 38.1 Å². The van der Waals surface area contributed by atoms with Crippen LogP contribution in [0.15, 0.2) is 47.4 Å². The average molecular weight is 491 g/mol. The lowest BCUT2D eigenvalue weighted by atomic mass is 10.1. The summed E-state index contributed by atoms with van der Waals surface area (Å²) in [6.07, 6.45) is -1.84. The zero-order chi connectivity index (χ0) is 23.6. The monoisotopic (exact) mass is 490 g/mol. The minimum atomic E-state index is -4.74. The molecule has 0 aliphatic heterocycles. The molecule has 0 heterocycles. The molecule has 0 spiro atoms. The number of carboxylic acid groups (broad SMARTS) is 1. The lowest BCUT2D eigenvalue weighted by Gasteiger charge is -2.35. The molecule has 2 aromatic carbocycles. The molecule has 0 bridgehead atoms. The Morgan fingerprint density at radius 1 is 1.13 bits per heavy atom. The van der Waals surface area contributed by atoms with Gasteiger partial charge in [-0.25, -0.2) is 18.0 Å². The third kappa shape index (κ3) is 5.24. The molecule has 166 valence electrons. The van der Waals surface area contributed by atoms with Crippen molar-refractivity contribution in [2.24, 2.45) is 0 Å². The summed E-state index contributed by atoms with van der Waals surface area (Å²) in [7, 11) is -4.74. The first-order valence-corrected chi connectivity index (χ1v) is 10.6. The van der Waals surface area contributed by atoms with Crippen molar-refractivity contribution in [1.29, 1.82) is 0 Å². The second-order valence-electron chi connectivity index (χ2n) is 6.80. The quantitative estimate of drug-likeness (QED) is 0.345. The van der Waals surface area contributed by atoms with Crippen LogP contribution in [0.4, 0.5) is 10.5 Å². The summed E-state index contributed by atoms with van der Waals surface area (Å²) in [5, 5.41) is 19.7. The predicted octanol–water partition coefficient (Wildman–Crippen LogP) is 4.21. The second kappa shape index (κ2) is 9.08. The Morgan fingerprint density at radius 3 is 2.10 bits per heavy atom. The minimum absolute atomic E-state index is 0.0414. The summed E-state index contributed by atoms with van der Waals surface area (Å²) < 4.78 is 31.3. The molecule has 1 amide bonds. The van der Waals surface area contributed by atoms with Gasteiger partial charge < -0.3 is 9.84 Å². The number of nitro groups is 1. The number of sulfonamides is 1. The number of ether oxygens (including phenoxy) is 1. The van der Waals surface area contributed by atoms with Crippen molar-refractivity contribution in [1.82, 2.24) is 4.31 Å². The van der Waals surface area contributed by atoms with Crippen LogP contribution in [-0.2, 0) is 14.8 Å². The third-order valence-electron chi connectivity index (χ3n) is 4.01. The topological polar surface area (TPSA) is 144 Å². The van der Waals surface area contributed by atoms with Crippen LogP contribution in [0.1, 0.15) is 24.2 Å². The Hall–Kier alpha value is -2.89. The van der Waals surface area contributed by atoms with Crippen molar-refractivity contribution in [3.63, 3.8) is 0 Å². The van der Waals surface area contributed by atoms with E-state index in [2.05, 4.69) is 0 Å². The number of carbonyl (C=O) groups is 2. The fourth-order valence-electron chi connectivity index (χ4n) is 2.61. The highest BCUT2D eigenvalue weighted by atomic mass is 35.5. The van der Waals surface area contributed by atoms with Gasteiger partial charge in [-0.15, -0.1) is 0 Å². The summed E-state index contributed by atoms with van der Waals surface area (Å²) in [6.45, 7) is 1.80. The van der Waals surface area contributed by atoms with Gasteiger partial charge in [0.25, 0.3) is 15.7 Å². The fourth-order valence-corrected chi connectivity index (χ4v) is 5.31. The summed E-state index contributed by atoms with van der Waals surface area (Å²) in [5.41, 5.74) is -2.04. The number of benzene rings is 2. The summed E-state index contributed by atoms with van der Waals surface area (Å²) in [6, 6.07) is 8.37. The van der Waals surface area contributed by atoms with Gasteiger partial charge in [-0.1, -0.05) is 29.3 Å². The summed E-state index contributed by atoms with van der Waals surface area (Å²) >= 11 is 11.9. The first-order valence-electron chi connectivity index (χ1n) is 8.43. The van der Waals surface area contributed by atoms with E-state index in [0.717, 1.165) is 24.3 Å². The standard InChI is InChI=1S/C18H16Cl2N2O8S/c1-18(2,10-30-16(23)11-6-8-12(9-7-11)22(26)27)21(17(24)25)31(28,29)15-13(19)4-3-5-14(15)20/h3-9H,10H2,1-2H3,(H,24,25). The van der Waals surface area contributed by atoms with E-state index >= 15 is 0 Å². The van der Waals surface area contributed by atoms with Gasteiger partial charge in [0.1, 0.15) is 11.5 Å². The Bertz CT molecular complexity index is 1110. The molecule has 2 rings (SSSR count). The van der Waals surface area contributed by atoms with Gasteiger partial charge >= 0.3 is 12.1 Å². The normalized spacial score (nSPS) is 11.6. The smallest absolute Gasteiger partial charge is 0.422 e. The van der Waals surface area contributed by atoms with E-state index in [9.17, 15) is 33.2 Å². The second-order valence-corrected chi connectivity index (χ2v) is 9.33. The molecule has 0 unspecified atom stereocenters. The SMILES string of the molecule is CC(C)(COC(=O)c1ccc([N+](=O)[O-])cc1)N(C(=O)O)S(=O)(=O)c1c(Cl)cccc1Cl. The van der Waals surface area contributed by atoms with Crippen molar-refractivity contribution in [2.45, 2.75) is 24.3 Å². The van der Waals surface area contributed by atoms with E-state index in [1.165, 1.54) is 32.0 Å². The molecular weight excluding hydrogens is 475 g/mol. The van der Waals surface area contributed by atoms with E-state index in [-0.39, 0.29) is 25.6 Å². The largest absolute Gasteiger partial charge is 0.464 e. The lowest BCUT2D eigenvalue weighted by molar-refractivity contribution is -0.384. The van der Waals surface area contributed by atoms with Crippen molar-refractivity contribution < 1.29 is 32.8 Å². The van der Waals surface area contributed by atoms with Gasteiger partial charge in [0.05, 0.1) is 26.1 Å². The number of non-ortho nitro benzene ring substituents is 1. The van der Waals surface area contributed by atoms with Crippen LogP contribution in [0, 0.1) is 10.1 Å². The molecule has 0 fully saturated rings. The van der Waals surface area contributed by atoms with Gasteiger partial charge in [0, 0.05) is 12.1 Å². The highest BCUT2D eigenvalue weighted by molar-refractivity contribution is 7.90. The number of esters is 1. The van der Waals surface area contributed by atoms with E-state index in [0.29, 0.717) is 0 Å². The van der Waals surface area contributed by atoms with Crippen LogP contribution < -0.4 is 0 Å². The molecule has 2 aromatic rings. The number of amides is 1. The van der Waals surface area contributed by atoms with Crippen LogP contribution in [0.2, 0.25) is 10.0 Å². The van der Waals surface area contributed by atoms with E-state index in [4.69, 9.17) is 27.9 Å². The fraction of sp³-hybridized carbons (Fsp3) is 0.222. The van der Waals surface area contributed by atoms with Crippen LogP contribution in [0.3, 0.4) is 0 Å². The molecule has 31 heavy (non-hydrogen) atoms. The van der Waals surface area contributed by atoms with Crippen LogP contribution in [0.5, 0.6) is 0 Å². The van der Waals surface area contributed by atoms with Crippen molar-refractivity contribution in [3.8, 4) is 0 Å². The van der Waals surface area contributed by atoms with Gasteiger partial charge in [0.2, 0.25) is 0 Å². The number of nitro benzene ring substituents is 1. The third-order valence-corrected chi connectivity index (χ3v) is 6.95. The summed E-state index contributed by atoms with van der Waals surface area (Å²) in [5.74, 6) is -0.929. The first-order chi connectivity index (χ1) is 14.3. The van der Waals surface area contributed by atoms with Crippen molar-refractivity contribution in [3.05, 3.63) is 68.2 Å². The molecule has 10 nitrogen and oxygen atoms in total. The average Bonchev–Trinajstić information content (AvgIpc) is 2.65. The highest BCUT2D eigenvalue weighted by Crippen LogP contribution is 2.34. The first kappa shape index (κ1) is 24.4. The van der Waals surface area contributed by atoms with Crippen molar-refractivity contribution >= 4 is 51.0 Å². The number of nitrogens with zero attached hydrogens (tertiary/aromatic N) is 2. The molecule has 1 N–H and O–H groups in total. The highest BCUT2D eigenvalue weighted by Gasteiger charge is 2.44. The van der Waals surface area contributed by atoms with Crippen LogP contribution in [0.25, 0.3) is 0 Å². The maximum Gasteiger partial charge on any atom is 0.422 e. The Kier molecular flexibility index (Phi) is 7.14. The Balaban J connectivity index is 2.31. The molecule has 0 atom stereocenters. The molecular formula is C18H16Cl2N2O8S. The zero-order valence-corrected chi connectivity index (χ0v) is 18.4.